The van der Waals surface area contributed by atoms with E-state index in [4.69, 9.17) is 0 Å². The van der Waals surface area contributed by atoms with Crippen molar-refractivity contribution in [2.24, 2.45) is 0 Å². The van der Waals surface area contributed by atoms with Crippen LogP contribution in [-0.4, -0.2) is 23.0 Å². The highest BCUT2D eigenvalue weighted by Crippen LogP contribution is 2.05. The maximum atomic E-state index is 9.18. The number of hydrogen-bond donors (Lipinski definition) is 1. The molecule has 0 saturated carbocycles. The highest BCUT2D eigenvalue weighted by Gasteiger charge is 1.88. The van der Waals surface area contributed by atoms with Gasteiger partial charge in [0.05, 0.1) is 24.0 Å². The molecule has 1 aromatic heterocycles. The lowest BCUT2D eigenvalue weighted by Crippen LogP contribution is -1.80. The van der Waals surface area contributed by atoms with E-state index in [9.17, 15) is 4.79 Å². The highest BCUT2D eigenvalue weighted by molar-refractivity contribution is 5.73. The summed E-state index contributed by atoms with van der Waals surface area (Å²) in [7, 11) is 0. The maximum Gasteiger partial charge on any atom is 0.293 e. The number of aromatic amines is 1. The van der Waals surface area contributed by atoms with Gasteiger partial charge in [-0.25, -0.2) is 4.98 Å². The SMILES string of the molecule is CCOC=O.c1ccc2[nH]cnc2c1. The minimum Gasteiger partial charge on any atom is -0.468 e. The van der Waals surface area contributed by atoms with Crippen LogP contribution in [0.5, 0.6) is 0 Å². The lowest BCUT2D eigenvalue weighted by Gasteiger charge is -1.81. The zero-order chi connectivity index (χ0) is 10.2. The number of rotatable bonds is 2. The number of carbonyl (C=O) groups excluding carboxylic acids is 1. The fourth-order valence-electron chi connectivity index (χ4n) is 0.948. The van der Waals surface area contributed by atoms with Crippen LogP contribution in [0.15, 0.2) is 30.6 Å². The van der Waals surface area contributed by atoms with Gasteiger partial charge in [-0.2, -0.15) is 0 Å². The first kappa shape index (κ1) is 10.2. The summed E-state index contributed by atoms with van der Waals surface area (Å²) in [5, 5.41) is 0. The van der Waals surface area contributed by atoms with Gasteiger partial charge in [-0.1, -0.05) is 12.1 Å². The quantitative estimate of drug-likeness (QED) is 0.737. The molecule has 14 heavy (non-hydrogen) atoms. The number of carbonyl (C=O) groups is 1. The van der Waals surface area contributed by atoms with Crippen molar-refractivity contribution in [3.63, 3.8) is 0 Å². The molecule has 0 radical (unpaired) electrons. The zero-order valence-corrected chi connectivity index (χ0v) is 7.93. The van der Waals surface area contributed by atoms with Crippen LogP contribution in [0.4, 0.5) is 0 Å². The van der Waals surface area contributed by atoms with Crippen molar-refractivity contribution in [3.05, 3.63) is 30.6 Å². The summed E-state index contributed by atoms with van der Waals surface area (Å²) in [5.74, 6) is 0. The molecule has 0 aliphatic heterocycles. The Morgan fingerprint density at radius 1 is 1.50 bits per heavy atom. The molecule has 4 heteroatoms. The van der Waals surface area contributed by atoms with Crippen LogP contribution in [0.3, 0.4) is 0 Å². The Hall–Kier alpha value is -1.84. The zero-order valence-electron chi connectivity index (χ0n) is 7.93. The molecule has 0 unspecified atom stereocenters. The molecule has 74 valence electrons. The lowest BCUT2D eigenvalue weighted by atomic mass is 10.3. The predicted octanol–water partition coefficient (Wildman–Crippen LogP) is 1.74. The number of imidazole rings is 1. The second kappa shape index (κ2) is 5.75. The van der Waals surface area contributed by atoms with E-state index in [0.717, 1.165) is 11.0 Å². The van der Waals surface area contributed by atoms with Crippen LogP contribution in [-0.2, 0) is 9.53 Å². The monoisotopic (exact) mass is 192 g/mol. The number of hydrogen-bond acceptors (Lipinski definition) is 3. The van der Waals surface area contributed by atoms with Crippen molar-refractivity contribution in [2.45, 2.75) is 6.92 Å². The molecule has 2 aromatic rings. The third-order valence-corrected chi connectivity index (χ3v) is 1.56. The standard InChI is InChI=1S/C7H6N2.C3H6O2/c1-2-4-7-6(3-1)8-5-9-7;1-2-5-3-4/h1-5H,(H,8,9);3H,2H2,1H3. The summed E-state index contributed by atoms with van der Waals surface area (Å²) >= 11 is 0. The van der Waals surface area contributed by atoms with Crippen molar-refractivity contribution >= 4 is 17.5 Å². The van der Waals surface area contributed by atoms with Gasteiger partial charge in [-0.15, -0.1) is 0 Å². The molecular formula is C10H12N2O2. The number of para-hydroxylation sites is 2. The number of nitrogens with zero attached hydrogens (tertiary/aromatic N) is 1. The summed E-state index contributed by atoms with van der Waals surface area (Å²) in [6.07, 6.45) is 1.70. The summed E-state index contributed by atoms with van der Waals surface area (Å²) in [6.45, 7) is 2.66. The topological polar surface area (TPSA) is 55.0 Å². The number of nitrogens with one attached hydrogen (secondary N) is 1. The van der Waals surface area contributed by atoms with Gasteiger partial charge >= 0.3 is 0 Å². The first-order valence-electron chi connectivity index (χ1n) is 4.32. The van der Waals surface area contributed by atoms with Crippen LogP contribution in [0.1, 0.15) is 6.92 Å². The molecular weight excluding hydrogens is 180 g/mol. The smallest absolute Gasteiger partial charge is 0.293 e. The number of ether oxygens (including phenoxy) is 1. The molecule has 0 bridgehead atoms. The molecule has 0 atom stereocenters. The maximum absolute atomic E-state index is 9.18. The summed E-state index contributed by atoms with van der Waals surface area (Å²) in [4.78, 5) is 16.3. The fraction of sp³-hybridized carbons (Fsp3) is 0.200. The molecule has 2 rings (SSSR count). The Balaban J connectivity index is 0.000000171. The summed E-state index contributed by atoms with van der Waals surface area (Å²) < 4.78 is 4.15. The predicted molar refractivity (Wildman–Crippen MR) is 53.8 cm³/mol. The van der Waals surface area contributed by atoms with Gasteiger partial charge in [0.1, 0.15) is 0 Å². The van der Waals surface area contributed by atoms with E-state index < -0.39 is 0 Å². The number of H-pyrrole nitrogens is 1. The molecule has 1 aromatic carbocycles. The summed E-state index contributed by atoms with van der Waals surface area (Å²) in [6, 6.07) is 7.94. The van der Waals surface area contributed by atoms with Gasteiger partial charge < -0.3 is 9.72 Å². The van der Waals surface area contributed by atoms with Crippen molar-refractivity contribution < 1.29 is 9.53 Å². The Morgan fingerprint density at radius 3 is 2.86 bits per heavy atom. The first-order valence-corrected chi connectivity index (χ1v) is 4.32. The highest BCUT2D eigenvalue weighted by atomic mass is 16.5. The van der Waals surface area contributed by atoms with E-state index in [2.05, 4.69) is 14.7 Å². The average molecular weight is 192 g/mol. The van der Waals surface area contributed by atoms with E-state index in [1.807, 2.05) is 24.3 Å². The van der Waals surface area contributed by atoms with Gasteiger partial charge in [0.25, 0.3) is 6.47 Å². The molecule has 0 aliphatic carbocycles. The molecule has 4 nitrogen and oxygen atoms in total. The Labute approximate surface area is 81.9 Å². The van der Waals surface area contributed by atoms with E-state index in [1.165, 1.54) is 0 Å². The molecule has 0 saturated heterocycles. The molecule has 0 aliphatic rings. The fourth-order valence-corrected chi connectivity index (χ4v) is 0.948. The molecule has 1 N–H and O–H groups in total. The lowest BCUT2D eigenvalue weighted by molar-refractivity contribution is -0.128. The van der Waals surface area contributed by atoms with Crippen LogP contribution >= 0.6 is 0 Å². The minimum atomic E-state index is 0.431. The van der Waals surface area contributed by atoms with Gasteiger partial charge in [0, 0.05) is 0 Å². The number of fused-ring (bicyclic) bond motifs is 1. The van der Waals surface area contributed by atoms with Gasteiger partial charge in [0.2, 0.25) is 0 Å². The van der Waals surface area contributed by atoms with Gasteiger partial charge in [-0.3, -0.25) is 4.79 Å². The Kier molecular flexibility index (Phi) is 4.20. The van der Waals surface area contributed by atoms with Gasteiger partial charge in [0.15, 0.2) is 0 Å². The van der Waals surface area contributed by atoms with E-state index in [0.29, 0.717) is 13.1 Å². The third-order valence-electron chi connectivity index (χ3n) is 1.56. The minimum absolute atomic E-state index is 0.431. The van der Waals surface area contributed by atoms with Crippen molar-refractivity contribution in [2.75, 3.05) is 6.61 Å². The van der Waals surface area contributed by atoms with Crippen LogP contribution in [0, 0.1) is 0 Å². The third kappa shape index (κ3) is 2.90. The Bertz CT molecular complexity index is 354. The van der Waals surface area contributed by atoms with Crippen molar-refractivity contribution in [1.29, 1.82) is 0 Å². The van der Waals surface area contributed by atoms with Crippen LogP contribution < -0.4 is 0 Å². The number of aromatic nitrogens is 2. The van der Waals surface area contributed by atoms with Gasteiger partial charge in [-0.05, 0) is 19.1 Å². The van der Waals surface area contributed by atoms with Crippen molar-refractivity contribution in [3.8, 4) is 0 Å². The van der Waals surface area contributed by atoms with E-state index >= 15 is 0 Å². The second-order valence-corrected chi connectivity index (χ2v) is 2.47. The van der Waals surface area contributed by atoms with E-state index in [1.54, 1.807) is 13.3 Å². The van der Waals surface area contributed by atoms with E-state index in [-0.39, 0.29) is 0 Å². The summed E-state index contributed by atoms with van der Waals surface area (Å²) in [5.41, 5.74) is 2.12. The molecule has 0 amide bonds. The Morgan fingerprint density at radius 2 is 2.29 bits per heavy atom. The molecule has 1 heterocycles. The second-order valence-electron chi connectivity index (χ2n) is 2.47. The first-order chi connectivity index (χ1) is 6.88. The molecule has 0 fully saturated rings. The van der Waals surface area contributed by atoms with Crippen LogP contribution in [0.2, 0.25) is 0 Å². The van der Waals surface area contributed by atoms with Crippen molar-refractivity contribution in [1.82, 2.24) is 9.97 Å². The van der Waals surface area contributed by atoms with Crippen LogP contribution in [0.25, 0.3) is 11.0 Å². The number of benzene rings is 1. The largest absolute Gasteiger partial charge is 0.468 e. The normalized spacial score (nSPS) is 8.93. The molecule has 0 spiro atoms. The average Bonchev–Trinajstić information content (AvgIpc) is 2.67.